The van der Waals surface area contributed by atoms with Crippen LogP contribution in [0.5, 0.6) is 11.5 Å². The van der Waals surface area contributed by atoms with Crippen LogP contribution in [0, 0.1) is 5.92 Å². The summed E-state index contributed by atoms with van der Waals surface area (Å²) in [7, 11) is 1.50. The van der Waals surface area contributed by atoms with Crippen molar-refractivity contribution in [3.8, 4) is 11.5 Å². The Labute approximate surface area is 118 Å². The number of benzene rings is 1. The van der Waals surface area contributed by atoms with Crippen molar-refractivity contribution in [2.24, 2.45) is 5.92 Å². The molecule has 0 heterocycles. The Morgan fingerprint density at radius 1 is 1.42 bits per heavy atom. The maximum atomic E-state index is 10.0. The molecule has 0 bridgehead atoms. The van der Waals surface area contributed by atoms with Gasteiger partial charge in [-0.2, -0.15) is 0 Å². The second-order valence-electron chi connectivity index (χ2n) is 4.98. The van der Waals surface area contributed by atoms with E-state index in [1.165, 1.54) is 7.11 Å². The molecule has 0 radical (unpaired) electrons. The fourth-order valence-corrected chi connectivity index (χ4v) is 2.91. The highest BCUT2D eigenvalue weighted by molar-refractivity contribution is 6.30. The molecule has 3 N–H and O–H groups in total. The predicted octanol–water partition coefficient (Wildman–Crippen LogP) is 2.30. The molecule has 1 aromatic rings. The second-order valence-corrected chi connectivity index (χ2v) is 5.41. The summed E-state index contributed by atoms with van der Waals surface area (Å²) in [5.74, 6) is 0.815. The van der Waals surface area contributed by atoms with Crippen molar-refractivity contribution in [1.29, 1.82) is 0 Å². The lowest BCUT2D eigenvalue weighted by atomic mass is 10.0. The summed E-state index contributed by atoms with van der Waals surface area (Å²) in [4.78, 5) is 0. The summed E-state index contributed by atoms with van der Waals surface area (Å²) in [6, 6.07) is 3.62. The molecule has 1 aliphatic carbocycles. The molecule has 1 fully saturated rings. The molecule has 106 valence electrons. The van der Waals surface area contributed by atoms with E-state index in [4.69, 9.17) is 16.3 Å². The van der Waals surface area contributed by atoms with Crippen molar-refractivity contribution >= 4 is 11.6 Å². The summed E-state index contributed by atoms with van der Waals surface area (Å²) >= 11 is 5.99. The molecule has 0 saturated heterocycles. The molecular formula is C14H20ClNO3. The standard InChI is InChI=1S/C14H20ClNO3/c1-19-13-6-11(15)5-10(14(13)18)7-16-12-4-2-3-9(12)8-17/h5-6,9,12,16-18H,2-4,7-8H2,1H3. The predicted molar refractivity (Wildman–Crippen MR) is 74.7 cm³/mol. The highest BCUT2D eigenvalue weighted by atomic mass is 35.5. The summed E-state index contributed by atoms with van der Waals surface area (Å²) < 4.78 is 5.08. The van der Waals surface area contributed by atoms with Gasteiger partial charge in [0, 0.05) is 35.8 Å². The molecule has 19 heavy (non-hydrogen) atoms. The van der Waals surface area contributed by atoms with Crippen LogP contribution >= 0.6 is 11.6 Å². The minimum atomic E-state index is 0.123. The Hall–Kier alpha value is -0.970. The van der Waals surface area contributed by atoms with E-state index >= 15 is 0 Å². The fourth-order valence-electron chi connectivity index (χ4n) is 2.68. The van der Waals surface area contributed by atoms with Gasteiger partial charge in [-0.15, -0.1) is 0 Å². The molecule has 4 nitrogen and oxygen atoms in total. The number of phenols is 1. The quantitative estimate of drug-likeness (QED) is 0.777. The average Bonchev–Trinajstić information content (AvgIpc) is 2.86. The van der Waals surface area contributed by atoms with Gasteiger partial charge in [-0.3, -0.25) is 0 Å². The van der Waals surface area contributed by atoms with E-state index in [1.54, 1.807) is 12.1 Å². The second kappa shape index (κ2) is 6.46. The van der Waals surface area contributed by atoms with Crippen LogP contribution in [0.25, 0.3) is 0 Å². The van der Waals surface area contributed by atoms with Gasteiger partial charge in [0.05, 0.1) is 7.11 Å². The monoisotopic (exact) mass is 285 g/mol. The van der Waals surface area contributed by atoms with E-state index in [0.717, 1.165) is 19.3 Å². The first kappa shape index (κ1) is 14.4. The summed E-state index contributed by atoms with van der Waals surface area (Å²) in [5, 5.41) is 23.2. The number of halogens is 1. The molecule has 0 amide bonds. The zero-order valence-corrected chi connectivity index (χ0v) is 11.8. The number of nitrogens with one attached hydrogen (secondary N) is 1. The number of aliphatic hydroxyl groups is 1. The Bertz CT molecular complexity index is 439. The zero-order chi connectivity index (χ0) is 13.8. The molecule has 1 aliphatic rings. The smallest absolute Gasteiger partial charge is 0.162 e. The summed E-state index contributed by atoms with van der Waals surface area (Å²) in [6.07, 6.45) is 3.25. The van der Waals surface area contributed by atoms with Gasteiger partial charge in [-0.1, -0.05) is 18.0 Å². The minimum Gasteiger partial charge on any atom is -0.504 e. The van der Waals surface area contributed by atoms with Crippen molar-refractivity contribution in [3.63, 3.8) is 0 Å². The van der Waals surface area contributed by atoms with Crippen LogP contribution in [-0.2, 0) is 6.54 Å². The molecule has 2 rings (SSSR count). The Morgan fingerprint density at radius 3 is 2.89 bits per heavy atom. The highest BCUT2D eigenvalue weighted by Gasteiger charge is 2.26. The number of ether oxygens (including phenoxy) is 1. The maximum absolute atomic E-state index is 10.0. The molecule has 0 spiro atoms. The molecule has 1 saturated carbocycles. The van der Waals surface area contributed by atoms with E-state index < -0.39 is 0 Å². The normalized spacial score (nSPS) is 22.7. The minimum absolute atomic E-state index is 0.123. The summed E-state index contributed by atoms with van der Waals surface area (Å²) in [6.45, 7) is 0.729. The van der Waals surface area contributed by atoms with Crippen molar-refractivity contribution in [3.05, 3.63) is 22.7 Å². The van der Waals surface area contributed by atoms with E-state index in [0.29, 0.717) is 34.8 Å². The van der Waals surface area contributed by atoms with Gasteiger partial charge >= 0.3 is 0 Å². The molecule has 2 atom stereocenters. The van der Waals surface area contributed by atoms with Gasteiger partial charge in [0.15, 0.2) is 11.5 Å². The van der Waals surface area contributed by atoms with Gasteiger partial charge in [0.1, 0.15) is 0 Å². The lowest BCUT2D eigenvalue weighted by Gasteiger charge is -2.20. The number of hydrogen-bond acceptors (Lipinski definition) is 4. The molecule has 1 aromatic carbocycles. The molecule has 5 heteroatoms. The Balaban J connectivity index is 2.05. The third-order valence-corrected chi connectivity index (χ3v) is 4.01. The lowest BCUT2D eigenvalue weighted by Crippen LogP contribution is -2.33. The molecule has 2 unspecified atom stereocenters. The van der Waals surface area contributed by atoms with Crippen LogP contribution in [0.15, 0.2) is 12.1 Å². The molecular weight excluding hydrogens is 266 g/mol. The number of phenolic OH excluding ortho intramolecular Hbond substituents is 1. The Kier molecular flexibility index (Phi) is 4.91. The van der Waals surface area contributed by atoms with Crippen LogP contribution in [-0.4, -0.2) is 30.0 Å². The van der Waals surface area contributed by atoms with Gasteiger partial charge in [-0.05, 0) is 24.8 Å². The number of methoxy groups -OCH3 is 1. The third-order valence-electron chi connectivity index (χ3n) is 3.79. The van der Waals surface area contributed by atoms with Crippen LogP contribution in [0.3, 0.4) is 0 Å². The van der Waals surface area contributed by atoms with Crippen molar-refractivity contribution in [1.82, 2.24) is 5.32 Å². The van der Waals surface area contributed by atoms with E-state index in [2.05, 4.69) is 5.32 Å². The van der Waals surface area contributed by atoms with Gasteiger partial charge in [-0.25, -0.2) is 0 Å². The van der Waals surface area contributed by atoms with Gasteiger partial charge < -0.3 is 20.3 Å². The average molecular weight is 286 g/mol. The van der Waals surface area contributed by atoms with Crippen molar-refractivity contribution < 1.29 is 14.9 Å². The van der Waals surface area contributed by atoms with Crippen LogP contribution < -0.4 is 10.1 Å². The third kappa shape index (κ3) is 3.32. The molecule has 0 aliphatic heterocycles. The van der Waals surface area contributed by atoms with Crippen LogP contribution in [0.1, 0.15) is 24.8 Å². The largest absolute Gasteiger partial charge is 0.504 e. The lowest BCUT2D eigenvalue weighted by molar-refractivity contribution is 0.205. The number of hydrogen-bond donors (Lipinski definition) is 3. The zero-order valence-electron chi connectivity index (χ0n) is 11.0. The number of aliphatic hydroxyl groups excluding tert-OH is 1. The van der Waals surface area contributed by atoms with E-state index in [9.17, 15) is 10.2 Å². The first-order valence-corrected chi connectivity index (χ1v) is 6.93. The van der Waals surface area contributed by atoms with Gasteiger partial charge in [0.25, 0.3) is 0 Å². The Morgan fingerprint density at radius 2 is 2.21 bits per heavy atom. The van der Waals surface area contributed by atoms with Crippen LogP contribution in [0.4, 0.5) is 0 Å². The van der Waals surface area contributed by atoms with E-state index in [1.807, 2.05) is 0 Å². The van der Waals surface area contributed by atoms with Gasteiger partial charge in [0.2, 0.25) is 0 Å². The number of aromatic hydroxyl groups is 1. The SMILES string of the molecule is COc1cc(Cl)cc(CNC2CCCC2CO)c1O. The maximum Gasteiger partial charge on any atom is 0.162 e. The van der Waals surface area contributed by atoms with E-state index in [-0.39, 0.29) is 12.4 Å². The first-order chi connectivity index (χ1) is 9.15. The van der Waals surface area contributed by atoms with Crippen molar-refractivity contribution in [2.45, 2.75) is 31.8 Å². The first-order valence-electron chi connectivity index (χ1n) is 6.55. The van der Waals surface area contributed by atoms with Crippen LogP contribution in [0.2, 0.25) is 5.02 Å². The topological polar surface area (TPSA) is 61.7 Å². The van der Waals surface area contributed by atoms with Crippen molar-refractivity contribution in [2.75, 3.05) is 13.7 Å². The number of rotatable bonds is 5. The molecule has 0 aromatic heterocycles. The summed E-state index contributed by atoms with van der Waals surface area (Å²) in [5.41, 5.74) is 0.716. The highest BCUT2D eigenvalue weighted by Crippen LogP contribution is 2.34. The fraction of sp³-hybridized carbons (Fsp3) is 0.571.